The number of fused-ring (bicyclic) bond motifs is 1. The SMILES string of the molecule is Cc1sc2ncnc(N(C(=O)OC(C)(C)C)C3CCNCC3)c2c1C. The van der Waals surface area contributed by atoms with Gasteiger partial charge in [-0.2, -0.15) is 0 Å². The molecule has 0 radical (unpaired) electrons. The lowest BCUT2D eigenvalue weighted by Gasteiger charge is -2.35. The van der Waals surface area contributed by atoms with Gasteiger partial charge in [0.1, 0.15) is 16.8 Å². The van der Waals surface area contributed by atoms with E-state index in [-0.39, 0.29) is 12.1 Å². The second-order valence-corrected chi connectivity index (χ2v) is 8.70. The molecule has 6 nitrogen and oxygen atoms in total. The summed E-state index contributed by atoms with van der Waals surface area (Å²) in [6.07, 6.45) is 2.98. The second-order valence-electron chi connectivity index (χ2n) is 7.49. The number of anilines is 1. The number of ether oxygens (including phenoxy) is 1. The summed E-state index contributed by atoms with van der Waals surface area (Å²) in [4.78, 5) is 25.8. The molecule has 2 aromatic heterocycles. The Morgan fingerprint density at radius 2 is 1.96 bits per heavy atom. The van der Waals surface area contributed by atoms with Gasteiger partial charge in [-0.05, 0) is 66.1 Å². The van der Waals surface area contributed by atoms with Gasteiger partial charge in [0.05, 0.1) is 5.39 Å². The smallest absolute Gasteiger partial charge is 0.416 e. The Kier molecular flexibility index (Phi) is 4.97. The van der Waals surface area contributed by atoms with Crippen LogP contribution in [0, 0.1) is 13.8 Å². The van der Waals surface area contributed by atoms with Crippen molar-refractivity contribution < 1.29 is 9.53 Å². The van der Waals surface area contributed by atoms with E-state index in [0.29, 0.717) is 5.82 Å². The first-order chi connectivity index (χ1) is 11.8. The first-order valence-corrected chi connectivity index (χ1v) is 9.53. The minimum absolute atomic E-state index is 0.0776. The van der Waals surface area contributed by atoms with Gasteiger partial charge < -0.3 is 10.1 Å². The van der Waals surface area contributed by atoms with Crippen LogP contribution >= 0.6 is 11.3 Å². The number of aromatic nitrogens is 2. The molecule has 3 rings (SSSR count). The minimum Gasteiger partial charge on any atom is -0.443 e. The van der Waals surface area contributed by atoms with Crippen LogP contribution in [-0.2, 0) is 4.74 Å². The fourth-order valence-corrected chi connectivity index (χ4v) is 4.12. The summed E-state index contributed by atoms with van der Waals surface area (Å²) in [6.45, 7) is 11.6. The third kappa shape index (κ3) is 3.77. The average molecular weight is 362 g/mol. The van der Waals surface area contributed by atoms with Crippen molar-refractivity contribution in [1.29, 1.82) is 0 Å². The Bertz CT molecular complexity index is 775. The largest absolute Gasteiger partial charge is 0.443 e. The summed E-state index contributed by atoms with van der Waals surface area (Å²) >= 11 is 1.64. The van der Waals surface area contributed by atoms with E-state index in [2.05, 4.69) is 29.1 Å². The predicted octanol–water partition coefficient (Wildman–Crippen LogP) is 3.80. The fourth-order valence-electron chi connectivity index (χ4n) is 3.13. The predicted molar refractivity (Wildman–Crippen MR) is 101 cm³/mol. The number of thiophene rings is 1. The molecule has 136 valence electrons. The van der Waals surface area contributed by atoms with Crippen LogP contribution in [0.1, 0.15) is 44.1 Å². The normalized spacial score (nSPS) is 16.2. The van der Waals surface area contributed by atoms with Gasteiger partial charge in [-0.3, -0.25) is 4.90 Å². The zero-order chi connectivity index (χ0) is 18.2. The van der Waals surface area contributed by atoms with Crippen molar-refractivity contribution >= 4 is 33.5 Å². The summed E-state index contributed by atoms with van der Waals surface area (Å²) in [5.74, 6) is 0.674. The second kappa shape index (κ2) is 6.88. The van der Waals surface area contributed by atoms with Crippen LogP contribution < -0.4 is 10.2 Å². The van der Waals surface area contributed by atoms with Gasteiger partial charge in [0.2, 0.25) is 0 Å². The van der Waals surface area contributed by atoms with Crippen LogP contribution in [0.25, 0.3) is 10.2 Å². The van der Waals surface area contributed by atoms with Gasteiger partial charge in [0.15, 0.2) is 5.82 Å². The molecule has 25 heavy (non-hydrogen) atoms. The third-order valence-electron chi connectivity index (χ3n) is 4.44. The number of hydrogen-bond acceptors (Lipinski definition) is 6. The molecule has 1 fully saturated rings. The minimum atomic E-state index is -0.548. The van der Waals surface area contributed by atoms with E-state index >= 15 is 0 Å². The number of amides is 1. The van der Waals surface area contributed by atoms with Gasteiger partial charge in [-0.1, -0.05) is 0 Å². The number of carbonyl (C=O) groups excluding carboxylic acids is 1. The molecule has 0 saturated carbocycles. The van der Waals surface area contributed by atoms with Crippen LogP contribution in [0.5, 0.6) is 0 Å². The average Bonchev–Trinajstić information content (AvgIpc) is 2.82. The van der Waals surface area contributed by atoms with E-state index in [1.807, 2.05) is 20.8 Å². The molecule has 1 aliphatic rings. The van der Waals surface area contributed by atoms with Crippen molar-refractivity contribution in [3.63, 3.8) is 0 Å². The van der Waals surface area contributed by atoms with Crippen LogP contribution in [0.15, 0.2) is 6.33 Å². The highest BCUT2D eigenvalue weighted by molar-refractivity contribution is 7.18. The Labute approximate surface area is 152 Å². The van der Waals surface area contributed by atoms with E-state index in [4.69, 9.17) is 4.74 Å². The van der Waals surface area contributed by atoms with E-state index < -0.39 is 5.60 Å². The van der Waals surface area contributed by atoms with Crippen molar-refractivity contribution in [3.05, 3.63) is 16.8 Å². The molecule has 1 aliphatic heterocycles. The van der Waals surface area contributed by atoms with E-state index in [9.17, 15) is 4.79 Å². The van der Waals surface area contributed by atoms with Crippen LogP contribution in [-0.4, -0.2) is 40.8 Å². The number of carbonyl (C=O) groups is 1. The molecule has 0 atom stereocenters. The summed E-state index contributed by atoms with van der Waals surface area (Å²) in [6, 6.07) is 0.0776. The standard InChI is InChI=1S/C18H26N4O2S/c1-11-12(2)25-16-14(11)15(20-10-21-16)22(13-6-8-19-9-7-13)17(23)24-18(3,4)5/h10,13,19H,6-9H2,1-5H3. The molecular formula is C18H26N4O2S. The Hall–Kier alpha value is -1.73. The van der Waals surface area contributed by atoms with Gasteiger partial charge in [-0.15, -0.1) is 11.3 Å². The number of nitrogens with zero attached hydrogens (tertiary/aromatic N) is 3. The van der Waals surface area contributed by atoms with Crippen LogP contribution in [0.4, 0.5) is 10.6 Å². The lowest BCUT2D eigenvalue weighted by molar-refractivity contribution is 0.0558. The number of nitrogens with one attached hydrogen (secondary N) is 1. The summed E-state index contributed by atoms with van der Waals surface area (Å²) < 4.78 is 5.71. The lowest BCUT2D eigenvalue weighted by atomic mass is 10.0. The monoisotopic (exact) mass is 362 g/mol. The molecule has 0 unspecified atom stereocenters. The molecule has 0 bridgehead atoms. The maximum absolute atomic E-state index is 13.0. The molecule has 1 amide bonds. The van der Waals surface area contributed by atoms with E-state index in [1.54, 1.807) is 22.6 Å². The Balaban J connectivity index is 2.09. The number of rotatable bonds is 2. The summed E-state index contributed by atoms with van der Waals surface area (Å²) in [5, 5.41) is 4.32. The highest BCUT2D eigenvalue weighted by Crippen LogP contribution is 2.36. The number of aryl methyl sites for hydroxylation is 2. The Morgan fingerprint density at radius 1 is 1.28 bits per heavy atom. The Morgan fingerprint density at radius 3 is 2.60 bits per heavy atom. The van der Waals surface area contributed by atoms with Crippen molar-refractivity contribution in [2.24, 2.45) is 0 Å². The van der Waals surface area contributed by atoms with Crippen LogP contribution in [0.3, 0.4) is 0 Å². The molecule has 0 spiro atoms. The van der Waals surface area contributed by atoms with E-state index in [0.717, 1.165) is 41.7 Å². The van der Waals surface area contributed by atoms with Crippen LogP contribution in [0.2, 0.25) is 0 Å². The van der Waals surface area contributed by atoms with Gasteiger partial charge in [0, 0.05) is 10.9 Å². The topological polar surface area (TPSA) is 67.4 Å². The number of hydrogen-bond donors (Lipinski definition) is 1. The summed E-state index contributed by atoms with van der Waals surface area (Å²) in [5.41, 5.74) is 0.590. The van der Waals surface area contributed by atoms with Crippen molar-refractivity contribution in [1.82, 2.24) is 15.3 Å². The zero-order valence-corrected chi connectivity index (χ0v) is 16.4. The maximum Gasteiger partial charge on any atom is 0.416 e. The van der Waals surface area contributed by atoms with Gasteiger partial charge in [0.25, 0.3) is 0 Å². The molecule has 0 aromatic carbocycles. The van der Waals surface area contributed by atoms with Gasteiger partial charge >= 0.3 is 6.09 Å². The molecule has 7 heteroatoms. The molecule has 1 saturated heterocycles. The van der Waals surface area contributed by atoms with Crippen molar-refractivity contribution in [3.8, 4) is 0 Å². The zero-order valence-electron chi connectivity index (χ0n) is 15.5. The molecule has 2 aromatic rings. The molecule has 3 heterocycles. The molecule has 1 N–H and O–H groups in total. The fraction of sp³-hybridized carbons (Fsp3) is 0.611. The van der Waals surface area contributed by atoms with Crippen molar-refractivity contribution in [2.45, 2.75) is 59.1 Å². The third-order valence-corrected chi connectivity index (χ3v) is 5.55. The first kappa shape index (κ1) is 18.1. The highest BCUT2D eigenvalue weighted by Gasteiger charge is 2.33. The maximum atomic E-state index is 13.0. The van der Waals surface area contributed by atoms with Gasteiger partial charge in [-0.25, -0.2) is 14.8 Å². The quantitative estimate of drug-likeness (QED) is 0.880. The lowest BCUT2D eigenvalue weighted by Crippen LogP contribution is -2.48. The first-order valence-electron chi connectivity index (χ1n) is 8.71. The molecular weight excluding hydrogens is 336 g/mol. The number of piperidine rings is 1. The summed E-state index contributed by atoms with van der Waals surface area (Å²) in [7, 11) is 0. The van der Waals surface area contributed by atoms with E-state index in [1.165, 1.54) is 4.88 Å². The highest BCUT2D eigenvalue weighted by atomic mass is 32.1. The molecule has 0 aliphatic carbocycles. The van der Waals surface area contributed by atoms with Crippen molar-refractivity contribution in [2.75, 3.05) is 18.0 Å².